The molecule has 1 heterocycles. The lowest BCUT2D eigenvalue weighted by Gasteiger charge is -2.62. The first kappa shape index (κ1) is 19.6. The summed E-state index contributed by atoms with van der Waals surface area (Å²) in [6, 6.07) is 0. The number of fused-ring (bicyclic) bond motifs is 2. The number of aliphatic hydroxyl groups is 1. The highest BCUT2D eigenvalue weighted by molar-refractivity contribution is 6.15. The Kier molecular flexibility index (Phi) is 4.31. The van der Waals surface area contributed by atoms with Crippen LogP contribution >= 0.6 is 0 Å². The minimum absolute atomic E-state index is 0.0205. The van der Waals surface area contributed by atoms with Gasteiger partial charge in [0.25, 0.3) is 0 Å². The molecule has 1 aliphatic heterocycles. The zero-order valence-corrected chi connectivity index (χ0v) is 17.0. The number of Topliss-reactive ketones (excluding diaryl/α,β-unsaturated/α-hetero) is 1. The molecule has 0 aromatic heterocycles. The highest BCUT2D eigenvalue weighted by Crippen LogP contribution is 2.67. The molecule has 0 amide bonds. The Hall–Kier alpha value is -1.69. The number of hydrogen-bond acceptors (Lipinski definition) is 6. The number of ether oxygens (including phenoxy) is 2. The molecule has 0 aromatic rings. The van der Waals surface area contributed by atoms with E-state index in [1.807, 2.05) is 0 Å². The highest BCUT2D eigenvalue weighted by atomic mass is 16.5. The summed E-state index contributed by atoms with van der Waals surface area (Å²) in [4.78, 5) is 37.8. The van der Waals surface area contributed by atoms with Crippen LogP contribution in [0.3, 0.4) is 0 Å². The lowest BCUT2D eigenvalue weighted by Crippen LogP contribution is -2.68. The minimum Gasteiger partial charge on any atom is -0.466 e. The number of rotatable bonds is 2. The smallest absolute Gasteiger partial charge is 0.320 e. The van der Waals surface area contributed by atoms with Crippen molar-refractivity contribution >= 4 is 17.7 Å². The molecule has 0 radical (unpaired) electrons. The number of esters is 2. The average molecular weight is 390 g/mol. The molecule has 6 heteroatoms. The number of allylic oxidation sites excluding steroid dienone is 1. The van der Waals surface area contributed by atoms with Crippen LogP contribution in [-0.4, -0.2) is 42.1 Å². The third-order valence-corrected chi connectivity index (χ3v) is 8.35. The van der Waals surface area contributed by atoms with Crippen molar-refractivity contribution in [2.24, 2.45) is 34.0 Å². The van der Waals surface area contributed by atoms with Crippen molar-refractivity contribution in [2.75, 3.05) is 13.2 Å². The second-order valence-corrected chi connectivity index (χ2v) is 9.94. The Morgan fingerprint density at radius 3 is 2.68 bits per heavy atom. The second-order valence-electron chi connectivity index (χ2n) is 9.94. The van der Waals surface area contributed by atoms with Gasteiger partial charge in [0.1, 0.15) is 12.0 Å². The Morgan fingerprint density at radius 1 is 1.29 bits per heavy atom. The molecule has 6 nitrogen and oxygen atoms in total. The quantitative estimate of drug-likeness (QED) is 0.442. The predicted octanol–water partition coefficient (Wildman–Crippen LogP) is 2.43. The van der Waals surface area contributed by atoms with Crippen LogP contribution in [0.2, 0.25) is 0 Å². The van der Waals surface area contributed by atoms with Crippen LogP contribution in [0, 0.1) is 34.0 Å². The molecule has 6 atom stereocenters. The number of aliphatic hydroxyl groups excluding tert-OH is 1. The minimum atomic E-state index is -1.23. The molecule has 28 heavy (non-hydrogen) atoms. The summed E-state index contributed by atoms with van der Waals surface area (Å²) in [6.07, 6.45) is 2.54. The third-order valence-electron chi connectivity index (χ3n) is 8.35. The van der Waals surface area contributed by atoms with Gasteiger partial charge in [0.05, 0.1) is 12.7 Å². The van der Waals surface area contributed by atoms with Gasteiger partial charge in [0.2, 0.25) is 0 Å². The van der Waals surface area contributed by atoms with Gasteiger partial charge in [-0.3, -0.25) is 14.4 Å². The van der Waals surface area contributed by atoms with Crippen molar-refractivity contribution in [2.45, 2.75) is 59.0 Å². The lowest BCUT2D eigenvalue weighted by molar-refractivity contribution is -0.244. The van der Waals surface area contributed by atoms with Gasteiger partial charge in [0.15, 0.2) is 5.78 Å². The van der Waals surface area contributed by atoms with Crippen molar-refractivity contribution in [3.05, 3.63) is 12.2 Å². The van der Waals surface area contributed by atoms with E-state index in [2.05, 4.69) is 20.4 Å². The van der Waals surface area contributed by atoms with Crippen LogP contribution in [-0.2, 0) is 23.9 Å². The number of carbonyl (C=O) groups is 3. The maximum absolute atomic E-state index is 13.3. The summed E-state index contributed by atoms with van der Waals surface area (Å²) in [5.74, 6) is -1.54. The number of hydrogen-bond donors (Lipinski definition) is 1. The van der Waals surface area contributed by atoms with Crippen LogP contribution in [0.5, 0.6) is 0 Å². The van der Waals surface area contributed by atoms with Gasteiger partial charge >= 0.3 is 11.9 Å². The van der Waals surface area contributed by atoms with E-state index in [-0.39, 0.29) is 48.1 Å². The maximum Gasteiger partial charge on any atom is 0.320 e. The van der Waals surface area contributed by atoms with Crippen LogP contribution in [0.4, 0.5) is 0 Å². The molecule has 0 aromatic carbocycles. The van der Waals surface area contributed by atoms with Gasteiger partial charge in [-0.25, -0.2) is 0 Å². The molecule has 1 N–H and O–H groups in total. The van der Waals surface area contributed by atoms with Gasteiger partial charge in [0, 0.05) is 18.3 Å². The molecular weight excluding hydrogens is 360 g/mol. The van der Waals surface area contributed by atoms with Crippen molar-refractivity contribution < 1.29 is 29.0 Å². The summed E-state index contributed by atoms with van der Waals surface area (Å²) < 4.78 is 11.1. The Bertz CT molecular complexity index is 754. The van der Waals surface area contributed by atoms with Crippen LogP contribution in [0.25, 0.3) is 0 Å². The van der Waals surface area contributed by atoms with Crippen molar-refractivity contribution in [1.29, 1.82) is 0 Å². The summed E-state index contributed by atoms with van der Waals surface area (Å²) in [7, 11) is 0. The van der Waals surface area contributed by atoms with Crippen molar-refractivity contribution in [3.63, 3.8) is 0 Å². The summed E-state index contributed by atoms with van der Waals surface area (Å²) in [5, 5.41) is 11.3. The van der Waals surface area contributed by atoms with E-state index in [1.54, 1.807) is 0 Å². The topological polar surface area (TPSA) is 89.9 Å². The molecule has 3 saturated carbocycles. The van der Waals surface area contributed by atoms with E-state index in [0.29, 0.717) is 24.8 Å². The van der Waals surface area contributed by atoms with E-state index >= 15 is 0 Å². The SMILES string of the molecule is C=C1C(=O)[C@]23C[C@H]1CC[C@H]2[C@@]1(COC3=O)[C@H](COC(C)=O)C(C)(C)CC[C@@H]1O. The maximum atomic E-state index is 13.3. The van der Waals surface area contributed by atoms with E-state index in [4.69, 9.17) is 9.47 Å². The van der Waals surface area contributed by atoms with Gasteiger partial charge in [-0.15, -0.1) is 0 Å². The average Bonchev–Trinajstić information content (AvgIpc) is 2.82. The molecule has 1 saturated heterocycles. The van der Waals surface area contributed by atoms with Crippen molar-refractivity contribution in [3.8, 4) is 0 Å². The summed E-state index contributed by atoms with van der Waals surface area (Å²) in [6.45, 7) is 9.78. The molecule has 4 aliphatic rings. The standard InChI is InChI=1S/C22H30O6/c1-12-14-5-6-15-21(9-14,18(12)25)19(26)28-11-22(15)16(10-27-13(2)23)20(3,4)8-7-17(22)24/h14-17,24H,1,5-11H2,2-4H3/t14-,15-,16-,17+,21+,22+/m1/s1. The summed E-state index contributed by atoms with van der Waals surface area (Å²) in [5.41, 5.74) is -1.73. The van der Waals surface area contributed by atoms with Gasteiger partial charge < -0.3 is 14.6 Å². The molecule has 0 unspecified atom stereocenters. The van der Waals surface area contributed by atoms with Gasteiger partial charge in [-0.2, -0.15) is 0 Å². The predicted molar refractivity (Wildman–Crippen MR) is 99.9 cm³/mol. The first-order valence-corrected chi connectivity index (χ1v) is 10.3. The summed E-state index contributed by atoms with van der Waals surface area (Å²) >= 11 is 0. The van der Waals surface area contributed by atoms with Crippen molar-refractivity contribution in [1.82, 2.24) is 0 Å². The normalized spacial score (nSPS) is 44.2. The van der Waals surface area contributed by atoms with Crippen LogP contribution < -0.4 is 0 Å². The number of cyclic esters (lactones) is 1. The van der Waals surface area contributed by atoms with Gasteiger partial charge in [-0.05, 0) is 54.9 Å². The van der Waals surface area contributed by atoms with E-state index in [1.165, 1.54) is 6.92 Å². The van der Waals surface area contributed by atoms with Gasteiger partial charge in [-0.1, -0.05) is 20.4 Å². The third kappa shape index (κ3) is 2.33. The molecule has 4 rings (SSSR count). The fraction of sp³-hybridized carbons (Fsp3) is 0.773. The molecule has 2 spiro atoms. The van der Waals surface area contributed by atoms with E-state index < -0.39 is 22.9 Å². The Labute approximate surface area is 165 Å². The zero-order chi connectivity index (χ0) is 20.5. The lowest BCUT2D eigenvalue weighted by atomic mass is 9.44. The van der Waals surface area contributed by atoms with Crippen LogP contribution in [0.15, 0.2) is 12.2 Å². The fourth-order valence-electron chi connectivity index (χ4n) is 6.90. The zero-order valence-electron chi connectivity index (χ0n) is 17.0. The monoisotopic (exact) mass is 390 g/mol. The molecule has 154 valence electrons. The molecular formula is C22H30O6. The fourth-order valence-corrected chi connectivity index (χ4v) is 6.90. The first-order valence-electron chi connectivity index (χ1n) is 10.3. The molecule has 2 bridgehead atoms. The highest BCUT2D eigenvalue weighted by Gasteiger charge is 2.73. The Balaban J connectivity index is 1.85. The Morgan fingerprint density at radius 2 is 2.00 bits per heavy atom. The molecule has 3 aliphatic carbocycles. The van der Waals surface area contributed by atoms with E-state index in [9.17, 15) is 19.5 Å². The number of carbonyl (C=O) groups excluding carboxylic acids is 3. The first-order chi connectivity index (χ1) is 13.1. The largest absolute Gasteiger partial charge is 0.466 e. The van der Waals surface area contributed by atoms with E-state index in [0.717, 1.165) is 12.8 Å². The number of ketones is 1. The second kappa shape index (κ2) is 6.15. The van der Waals surface area contributed by atoms with Crippen LogP contribution in [0.1, 0.15) is 52.9 Å². The molecule has 4 fully saturated rings.